The van der Waals surface area contributed by atoms with E-state index in [-0.39, 0.29) is 49.4 Å². The van der Waals surface area contributed by atoms with E-state index in [1.165, 1.54) is 0 Å². The predicted octanol–water partition coefficient (Wildman–Crippen LogP) is 2.01. The van der Waals surface area contributed by atoms with Crippen molar-refractivity contribution in [1.29, 1.82) is 0 Å². The monoisotopic (exact) mass is 649 g/mol. The SMILES string of the molecule is CCOC(=O)CCc1cc2c([C@@H]3CNC(=O)C34CCCC4)coc2c(OCCCC(C)C)c1O[C@H]1O[C@H](C(O)O)[C@@H](O)[C@H](O)[C@H]1O. The zero-order chi connectivity index (χ0) is 33.2. The number of nitrogens with one attached hydrogen (secondary N) is 1. The van der Waals surface area contributed by atoms with Crippen LogP contribution in [-0.4, -0.2) is 94.2 Å². The number of aliphatic hydroxyl groups is 5. The number of hydrogen-bond donors (Lipinski definition) is 6. The van der Waals surface area contributed by atoms with Gasteiger partial charge < -0.3 is 54.2 Å². The van der Waals surface area contributed by atoms with Crippen LogP contribution in [0.5, 0.6) is 11.5 Å². The molecule has 13 nitrogen and oxygen atoms in total. The van der Waals surface area contributed by atoms with Crippen LogP contribution in [-0.2, 0) is 25.5 Å². The number of carbonyl (C=O) groups is 2. The fourth-order valence-corrected chi connectivity index (χ4v) is 7.09. The molecule has 3 fully saturated rings. The molecular formula is C33H47NO12. The summed E-state index contributed by atoms with van der Waals surface area (Å²) in [6.45, 7) is 6.86. The van der Waals surface area contributed by atoms with Crippen molar-refractivity contribution in [3.8, 4) is 11.5 Å². The van der Waals surface area contributed by atoms with Crippen molar-refractivity contribution >= 4 is 22.8 Å². The van der Waals surface area contributed by atoms with Gasteiger partial charge in [0.2, 0.25) is 17.9 Å². The van der Waals surface area contributed by atoms with Gasteiger partial charge in [-0.05, 0) is 56.6 Å². The van der Waals surface area contributed by atoms with Crippen LogP contribution in [0.4, 0.5) is 0 Å². The van der Waals surface area contributed by atoms with E-state index in [2.05, 4.69) is 19.2 Å². The molecule has 2 saturated heterocycles. The van der Waals surface area contributed by atoms with Gasteiger partial charge in [0.05, 0.1) is 24.9 Å². The lowest BCUT2D eigenvalue weighted by atomic mass is 9.72. The Bertz CT molecular complexity index is 1370. The van der Waals surface area contributed by atoms with Crippen molar-refractivity contribution in [1.82, 2.24) is 5.32 Å². The largest absolute Gasteiger partial charge is 0.486 e. The topological polar surface area (TPSA) is 197 Å². The highest BCUT2D eigenvalue weighted by molar-refractivity contribution is 5.93. The van der Waals surface area contributed by atoms with Crippen LogP contribution in [0.3, 0.4) is 0 Å². The van der Waals surface area contributed by atoms with Gasteiger partial charge in [-0.3, -0.25) is 9.59 Å². The Balaban J connectivity index is 1.61. The quantitative estimate of drug-likeness (QED) is 0.105. The number of amides is 1. The van der Waals surface area contributed by atoms with Crippen molar-refractivity contribution < 1.29 is 58.5 Å². The fraction of sp³-hybridized carbons (Fsp3) is 0.697. The van der Waals surface area contributed by atoms with Gasteiger partial charge in [-0.2, -0.15) is 0 Å². The number of benzene rings is 1. The molecule has 1 aliphatic carbocycles. The molecule has 1 aromatic heterocycles. The molecule has 13 heteroatoms. The second kappa shape index (κ2) is 14.4. The minimum Gasteiger partial charge on any atom is -0.486 e. The molecule has 1 aromatic carbocycles. The van der Waals surface area contributed by atoms with Gasteiger partial charge in [-0.15, -0.1) is 0 Å². The summed E-state index contributed by atoms with van der Waals surface area (Å²) in [5.41, 5.74) is 1.12. The number of fused-ring (bicyclic) bond motifs is 1. The smallest absolute Gasteiger partial charge is 0.306 e. The highest BCUT2D eigenvalue weighted by atomic mass is 16.7. The Labute approximate surface area is 267 Å². The minimum absolute atomic E-state index is 0.0174. The Morgan fingerprint density at radius 1 is 1.11 bits per heavy atom. The van der Waals surface area contributed by atoms with Crippen LogP contribution in [0.1, 0.15) is 82.8 Å². The molecule has 1 saturated carbocycles. The van der Waals surface area contributed by atoms with Gasteiger partial charge in [0, 0.05) is 29.8 Å². The van der Waals surface area contributed by atoms with E-state index < -0.39 is 48.4 Å². The molecule has 3 aliphatic rings. The van der Waals surface area contributed by atoms with Gasteiger partial charge >= 0.3 is 5.97 Å². The number of carbonyl (C=O) groups excluding carboxylic acids is 2. The molecule has 6 atom stereocenters. The summed E-state index contributed by atoms with van der Waals surface area (Å²) < 4.78 is 29.4. The van der Waals surface area contributed by atoms with E-state index in [1.54, 1.807) is 13.2 Å². The minimum atomic E-state index is -2.18. The molecule has 2 aromatic rings. The Morgan fingerprint density at radius 3 is 2.52 bits per heavy atom. The highest BCUT2D eigenvalue weighted by Crippen LogP contribution is 2.54. The van der Waals surface area contributed by atoms with Crippen molar-refractivity contribution in [3.63, 3.8) is 0 Å². The second-order valence-electron chi connectivity index (χ2n) is 13.0. The summed E-state index contributed by atoms with van der Waals surface area (Å²) in [5, 5.41) is 54.9. The molecule has 6 N–H and O–H groups in total. The number of aliphatic hydroxyl groups excluding tert-OH is 4. The van der Waals surface area contributed by atoms with Crippen LogP contribution in [0.2, 0.25) is 0 Å². The van der Waals surface area contributed by atoms with Gasteiger partial charge in [0.25, 0.3) is 0 Å². The van der Waals surface area contributed by atoms with E-state index in [4.69, 9.17) is 23.4 Å². The first kappa shape index (κ1) is 34.4. The maximum Gasteiger partial charge on any atom is 0.306 e. The summed E-state index contributed by atoms with van der Waals surface area (Å²) in [7, 11) is 0. The Morgan fingerprint density at radius 2 is 1.85 bits per heavy atom. The zero-order valence-corrected chi connectivity index (χ0v) is 26.6. The van der Waals surface area contributed by atoms with E-state index >= 15 is 0 Å². The molecule has 256 valence electrons. The number of hydrogen-bond acceptors (Lipinski definition) is 12. The van der Waals surface area contributed by atoms with Crippen molar-refractivity contribution in [2.75, 3.05) is 19.8 Å². The third-order valence-electron chi connectivity index (χ3n) is 9.55. The van der Waals surface area contributed by atoms with E-state index in [0.717, 1.165) is 37.7 Å². The first-order valence-corrected chi connectivity index (χ1v) is 16.3. The lowest BCUT2D eigenvalue weighted by molar-refractivity contribution is -0.310. The van der Waals surface area contributed by atoms with Crippen LogP contribution in [0, 0.1) is 11.3 Å². The summed E-state index contributed by atoms with van der Waals surface area (Å²) in [5.74, 6) is 0.141. The summed E-state index contributed by atoms with van der Waals surface area (Å²) in [6.07, 6.45) is -4.13. The van der Waals surface area contributed by atoms with Gasteiger partial charge in [-0.25, -0.2) is 0 Å². The van der Waals surface area contributed by atoms with Crippen LogP contribution < -0.4 is 14.8 Å². The third-order valence-corrected chi connectivity index (χ3v) is 9.55. The molecule has 3 heterocycles. The fourth-order valence-electron chi connectivity index (χ4n) is 7.09. The van der Waals surface area contributed by atoms with Crippen molar-refractivity contribution in [2.45, 2.75) is 115 Å². The van der Waals surface area contributed by atoms with E-state index in [1.807, 2.05) is 6.07 Å². The zero-order valence-electron chi connectivity index (χ0n) is 26.6. The first-order valence-electron chi connectivity index (χ1n) is 16.3. The number of ether oxygens (including phenoxy) is 4. The average Bonchev–Trinajstić information content (AvgIpc) is 3.75. The molecule has 5 rings (SSSR count). The third kappa shape index (κ3) is 6.71. The maximum absolute atomic E-state index is 13.1. The van der Waals surface area contributed by atoms with Crippen LogP contribution in [0.25, 0.3) is 11.0 Å². The maximum atomic E-state index is 13.1. The van der Waals surface area contributed by atoms with Gasteiger partial charge in [0.15, 0.2) is 17.6 Å². The lowest BCUT2D eigenvalue weighted by Crippen LogP contribution is -2.62. The van der Waals surface area contributed by atoms with Crippen molar-refractivity contribution in [3.05, 3.63) is 23.5 Å². The molecule has 1 spiro atoms. The van der Waals surface area contributed by atoms with Gasteiger partial charge in [-0.1, -0.05) is 26.7 Å². The number of furan rings is 1. The Hall–Kier alpha value is -2.94. The number of rotatable bonds is 13. The summed E-state index contributed by atoms with van der Waals surface area (Å²) in [6, 6.07) is 1.81. The van der Waals surface area contributed by atoms with E-state index in [9.17, 15) is 35.1 Å². The molecule has 0 unspecified atom stereocenters. The van der Waals surface area contributed by atoms with Crippen LogP contribution in [0.15, 0.2) is 16.7 Å². The average molecular weight is 650 g/mol. The Kier molecular flexibility index (Phi) is 10.8. The predicted molar refractivity (Wildman–Crippen MR) is 163 cm³/mol. The number of esters is 1. The normalized spacial score (nSPS) is 27.6. The van der Waals surface area contributed by atoms with Crippen LogP contribution >= 0.6 is 0 Å². The van der Waals surface area contributed by atoms with Gasteiger partial charge in [0.1, 0.15) is 24.4 Å². The highest BCUT2D eigenvalue weighted by Gasteiger charge is 2.53. The standard InChI is InChI=1S/C33H47NO12/c1-4-42-22(35)10-9-18-14-19-20(21-15-34-32(41)33(21)11-5-6-12-33)16-44-27(19)29(43-13-7-8-17(2)3)26(18)45-31-25(38)23(36)24(37)28(46-31)30(39)40/h14,16-17,21,23-25,28,30-31,36-40H,4-13,15H2,1-3H3,(H,34,41)/t21-,23-,24-,25+,28-,31-/m0/s1. The van der Waals surface area contributed by atoms with Crippen molar-refractivity contribution in [2.24, 2.45) is 11.3 Å². The molecule has 0 radical (unpaired) electrons. The lowest BCUT2D eigenvalue weighted by Gasteiger charge is -2.41. The number of aryl methyl sites for hydroxylation is 1. The molecule has 46 heavy (non-hydrogen) atoms. The van der Waals surface area contributed by atoms with E-state index in [0.29, 0.717) is 35.4 Å². The molecule has 1 amide bonds. The first-order chi connectivity index (χ1) is 22.0. The summed E-state index contributed by atoms with van der Waals surface area (Å²) >= 11 is 0. The molecule has 2 aliphatic heterocycles. The molecule has 0 bridgehead atoms. The second-order valence-corrected chi connectivity index (χ2v) is 13.0. The molecular weight excluding hydrogens is 602 g/mol. The summed E-state index contributed by atoms with van der Waals surface area (Å²) in [4.78, 5) is 25.6.